The maximum atomic E-state index is 13.4. The number of rotatable bonds is 7. The minimum atomic E-state index is -4.42. The Bertz CT molecular complexity index is 859. The summed E-state index contributed by atoms with van der Waals surface area (Å²) in [5, 5.41) is 9.38. The van der Waals surface area contributed by atoms with Crippen molar-refractivity contribution in [2.45, 2.75) is 19.3 Å². The van der Waals surface area contributed by atoms with Crippen LogP contribution in [0.2, 0.25) is 0 Å². The Labute approximate surface area is 156 Å². The molecule has 0 saturated heterocycles. The Balaban J connectivity index is 1.88. The fraction of sp³-hybridized carbons (Fsp3) is 0.238. The molecule has 27 heavy (non-hydrogen) atoms. The predicted octanol–water partition coefficient (Wildman–Crippen LogP) is 4.49. The van der Waals surface area contributed by atoms with E-state index in [9.17, 15) is 18.3 Å². The first-order chi connectivity index (χ1) is 13.0. The smallest absolute Gasteiger partial charge is 0.395 e. The number of nitrogens with zero attached hydrogens (tertiary/aromatic N) is 2. The van der Waals surface area contributed by atoms with E-state index in [4.69, 9.17) is 0 Å². The maximum absolute atomic E-state index is 13.4. The lowest BCUT2D eigenvalue weighted by Gasteiger charge is -2.23. The molecule has 1 aromatic heterocycles. The molecule has 3 rings (SSSR count). The number of hydrogen-bond donors (Lipinski definition) is 1. The molecule has 0 aliphatic heterocycles. The third-order valence-electron chi connectivity index (χ3n) is 4.35. The second-order valence-electron chi connectivity index (χ2n) is 6.30. The van der Waals surface area contributed by atoms with E-state index in [2.05, 4.69) is 0 Å². The van der Waals surface area contributed by atoms with Gasteiger partial charge in [0, 0.05) is 31.5 Å². The minimum Gasteiger partial charge on any atom is -0.395 e. The van der Waals surface area contributed by atoms with Crippen molar-refractivity contribution >= 4 is 0 Å². The lowest BCUT2D eigenvalue weighted by molar-refractivity contribution is -0.137. The number of aliphatic hydroxyl groups excluding tert-OH is 1. The van der Waals surface area contributed by atoms with Crippen molar-refractivity contribution < 1.29 is 18.3 Å². The zero-order chi connectivity index (χ0) is 19.3. The highest BCUT2D eigenvalue weighted by Crippen LogP contribution is 2.34. The monoisotopic (exact) mass is 374 g/mol. The van der Waals surface area contributed by atoms with Gasteiger partial charge in [-0.15, -0.1) is 0 Å². The molecule has 0 radical (unpaired) electrons. The molecule has 6 heteroatoms. The Morgan fingerprint density at radius 3 is 2.26 bits per heavy atom. The Hall–Kier alpha value is -2.57. The van der Waals surface area contributed by atoms with Gasteiger partial charge in [-0.1, -0.05) is 42.5 Å². The molecule has 2 aromatic carbocycles. The van der Waals surface area contributed by atoms with Gasteiger partial charge < -0.3 is 9.67 Å². The zero-order valence-electron chi connectivity index (χ0n) is 14.7. The van der Waals surface area contributed by atoms with E-state index < -0.39 is 11.7 Å². The molecule has 0 bridgehead atoms. The maximum Gasteiger partial charge on any atom is 0.418 e. The molecular weight excluding hydrogens is 353 g/mol. The van der Waals surface area contributed by atoms with Crippen LogP contribution in [-0.4, -0.2) is 27.7 Å². The lowest BCUT2D eigenvalue weighted by Crippen LogP contribution is -2.27. The van der Waals surface area contributed by atoms with Crippen LogP contribution in [0, 0.1) is 0 Å². The third kappa shape index (κ3) is 4.78. The van der Waals surface area contributed by atoms with Gasteiger partial charge in [0.05, 0.1) is 17.9 Å². The van der Waals surface area contributed by atoms with E-state index in [1.165, 1.54) is 12.1 Å². The number of benzene rings is 2. The molecule has 0 atom stereocenters. The van der Waals surface area contributed by atoms with Crippen molar-refractivity contribution in [1.82, 2.24) is 9.47 Å². The topological polar surface area (TPSA) is 28.4 Å². The van der Waals surface area contributed by atoms with Crippen LogP contribution < -0.4 is 0 Å². The molecule has 3 aromatic rings. The van der Waals surface area contributed by atoms with Gasteiger partial charge in [-0.05, 0) is 29.8 Å². The quantitative estimate of drug-likeness (QED) is 0.660. The van der Waals surface area contributed by atoms with E-state index in [-0.39, 0.29) is 12.3 Å². The van der Waals surface area contributed by atoms with Crippen LogP contribution in [0.5, 0.6) is 0 Å². The van der Waals surface area contributed by atoms with Crippen LogP contribution in [0.4, 0.5) is 13.2 Å². The highest BCUT2D eigenvalue weighted by atomic mass is 19.4. The summed E-state index contributed by atoms with van der Waals surface area (Å²) >= 11 is 0. The summed E-state index contributed by atoms with van der Waals surface area (Å²) in [4.78, 5) is 2.01. The number of para-hydroxylation sites is 1. The highest BCUT2D eigenvalue weighted by molar-refractivity contribution is 5.44. The van der Waals surface area contributed by atoms with Crippen molar-refractivity contribution in [1.29, 1.82) is 0 Å². The Morgan fingerprint density at radius 2 is 1.56 bits per heavy atom. The molecule has 1 heterocycles. The van der Waals surface area contributed by atoms with Crippen molar-refractivity contribution in [3.05, 3.63) is 89.7 Å². The van der Waals surface area contributed by atoms with E-state index >= 15 is 0 Å². The second kappa shape index (κ2) is 8.41. The van der Waals surface area contributed by atoms with Crippen molar-refractivity contribution in [2.24, 2.45) is 0 Å². The van der Waals surface area contributed by atoms with E-state index in [1.807, 2.05) is 41.3 Å². The summed E-state index contributed by atoms with van der Waals surface area (Å²) in [5.41, 5.74) is 1.25. The van der Waals surface area contributed by atoms with Gasteiger partial charge in [-0.2, -0.15) is 13.2 Å². The SMILES string of the molecule is OCCN(Cc1ccccc1)Cc1cccn1-c1ccccc1C(F)(F)F. The van der Waals surface area contributed by atoms with E-state index in [1.54, 1.807) is 22.9 Å². The van der Waals surface area contributed by atoms with Crippen LogP contribution in [-0.2, 0) is 19.3 Å². The summed E-state index contributed by atoms with van der Waals surface area (Å²) in [5.74, 6) is 0. The average molecular weight is 374 g/mol. The van der Waals surface area contributed by atoms with E-state index in [0.29, 0.717) is 19.6 Å². The van der Waals surface area contributed by atoms with Gasteiger partial charge in [0.2, 0.25) is 0 Å². The number of hydrogen-bond acceptors (Lipinski definition) is 2. The Morgan fingerprint density at radius 1 is 0.852 bits per heavy atom. The first kappa shape index (κ1) is 19.2. The summed E-state index contributed by atoms with van der Waals surface area (Å²) in [7, 11) is 0. The van der Waals surface area contributed by atoms with Crippen LogP contribution >= 0.6 is 0 Å². The number of halogens is 3. The van der Waals surface area contributed by atoms with Gasteiger partial charge in [0.15, 0.2) is 0 Å². The molecule has 0 unspecified atom stereocenters. The molecule has 0 aliphatic carbocycles. The zero-order valence-corrected chi connectivity index (χ0v) is 14.7. The van der Waals surface area contributed by atoms with Gasteiger partial charge in [-0.3, -0.25) is 4.90 Å². The van der Waals surface area contributed by atoms with Gasteiger partial charge in [0.25, 0.3) is 0 Å². The molecule has 0 saturated carbocycles. The first-order valence-electron chi connectivity index (χ1n) is 8.69. The van der Waals surface area contributed by atoms with Crippen molar-refractivity contribution in [3.63, 3.8) is 0 Å². The summed E-state index contributed by atoms with van der Waals surface area (Å²) < 4.78 is 41.7. The molecule has 0 fully saturated rings. The fourth-order valence-electron chi connectivity index (χ4n) is 3.13. The average Bonchev–Trinajstić information content (AvgIpc) is 3.10. The first-order valence-corrected chi connectivity index (χ1v) is 8.69. The minimum absolute atomic E-state index is 0.0212. The van der Waals surface area contributed by atoms with Crippen molar-refractivity contribution in [3.8, 4) is 5.69 Å². The van der Waals surface area contributed by atoms with Gasteiger partial charge >= 0.3 is 6.18 Å². The number of aromatic nitrogens is 1. The molecule has 142 valence electrons. The molecular formula is C21H21F3N2O. The summed E-state index contributed by atoms with van der Waals surface area (Å²) in [6.07, 6.45) is -2.79. The third-order valence-corrected chi connectivity index (χ3v) is 4.35. The Kier molecular flexibility index (Phi) is 5.98. The lowest BCUT2D eigenvalue weighted by atomic mass is 10.1. The van der Waals surface area contributed by atoms with Crippen LogP contribution in [0.25, 0.3) is 5.69 Å². The number of alkyl halides is 3. The fourth-order valence-corrected chi connectivity index (χ4v) is 3.13. The summed E-state index contributed by atoms with van der Waals surface area (Å²) in [6, 6.07) is 18.9. The van der Waals surface area contributed by atoms with Gasteiger partial charge in [0.1, 0.15) is 0 Å². The van der Waals surface area contributed by atoms with E-state index in [0.717, 1.165) is 17.3 Å². The molecule has 1 N–H and O–H groups in total. The van der Waals surface area contributed by atoms with Crippen LogP contribution in [0.3, 0.4) is 0 Å². The molecule has 0 amide bonds. The molecule has 0 spiro atoms. The standard InChI is InChI=1S/C21H21F3N2O/c22-21(23,24)19-10-4-5-11-20(19)26-12-6-9-18(26)16-25(13-14-27)15-17-7-2-1-3-8-17/h1-12,27H,13-16H2. The second-order valence-corrected chi connectivity index (χ2v) is 6.30. The van der Waals surface area contributed by atoms with Gasteiger partial charge in [-0.25, -0.2) is 0 Å². The van der Waals surface area contributed by atoms with Crippen molar-refractivity contribution in [2.75, 3.05) is 13.2 Å². The normalized spacial score (nSPS) is 11.9. The number of aliphatic hydroxyl groups is 1. The predicted molar refractivity (Wildman–Crippen MR) is 98.4 cm³/mol. The summed E-state index contributed by atoms with van der Waals surface area (Å²) in [6.45, 7) is 1.44. The largest absolute Gasteiger partial charge is 0.418 e. The highest BCUT2D eigenvalue weighted by Gasteiger charge is 2.33. The van der Waals surface area contributed by atoms with Crippen LogP contribution in [0.1, 0.15) is 16.8 Å². The molecule has 3 nitrogen and oxygen atoms in total. The molecule has 0 aliphatic rings. The van der Waals surface area contributed by atoms with Crippen LogP contribution in [0.15, 0.2) is 72.9 Å².